The summed E-state index contributed by atoms with van der Waals surface area (Å²) in [7, 11) is 0. The molecule has 4 nitrogen and oxygen atoms in total. The molecule has 0 radical (unpaired) electrons. The molecule has 0 bridgehead atoms. The third-order valence-corrected chi connectivity index (χ3v) is 5.17. The van der Waals surface area contributed by atoms with E-state index in [2.05, 4.69) is 34.5 Å². The Labute approximate surface area is 159 Å². The molecule has 0 saturated carbocycles. The Morgan fingerprint density at radius 1 is 1.04 bits per heavy atom. The maximum Gasteiger partial charge on any atom is 0.245 e. The molecule has 138 valence electrons. The zero-order valence-electron chi connectivity index (χ0n) is 15.5. The van der Waals surface area contributed by atoms with E-state index in [1.807, 2.05) is 55.5 Å². The van der Waals surface area contributed by atoms with Crippen LogP contribution in [0.25, 0.3) is 10.8 Å². The third-order valence-electron chi connectivity index (χ3n) is 5.17. The first-order valence-corrected chi connectivity index (χ1v) is 9.41. The van der Waals surface area contributed by atoms with Crippen LogP contribution < -0.4 is 10.2 Å². The number of nitrogens with zero attached hydrogens (tertiary/aromatic N) is 1. The first kappa shape index (κ1) is 17.6. The van der Waals surface area contributed by atoms with E-state index in [4.69, 9.17) is 4.74 Å². The zero-order valence-corrected chi connectivity index (χ0v) is 15.5. The van der Waals surface area contributed by atoms with Crippen LogP contribution in [0.2, 0.25) is 0 Å². The molecule has 1 saturated heterocycles. The highest BCUT2D eigenvalue weighted by Crippen LogP contribution is 2.25. The molecule has 4 rings (SSSR count). The molecule has 3 aromatic rings. The molecule has 27 heavy (non-hydrogen) atoms. The predicted octanol–water partition coefficient (Wildman–Crippen LogP) is 3.92. The van der Waals surface area contributed by atoms with Gasteiger partial charge in [-0.15, -0.1) is 0 Å². The Bertz CT molecular complexity index is 921. The number of anilines is 1. The van der Waals surface area contributed by atoms with E-state index < -0.39 is 0 Å². The summed E-state index contributed by atoms with van der Waals surface area (Å²) in [5, 5.41) is 5.55. The number of carbonyl (C=O) groups is 1. The molecule has 1 unspecified atom stereocenters. The molecular weight excluding hydrogens is 336 g/mol. The lowest BCUT2D eigenvalue weighted by atomic mass is 9.99. The molecule has 1 aliphatic rings. The van der Waals surface area contributed by atoms with Crippen LogP contribution in [0.5, 0.6) is 0 Å². The summed E-state index contributed by atoms with van der Waals surface area (Å²) < 4.78 is 5.61. The van der Waals surface area contributed by atoms with Crippen LogP contribution in [-0.2, 0) is 9.53 Å². The fraction of sp³-hybridized carbons (Fsp3) is 0.261. The van der Waals surface area contributed by atoms with Crippen molar-refractivity contribution in [1.82, 2.24) is 5.32 Å². The third kappa shape index (κ3) is 3.67. The van der Waals surface area contributed by atoms with Crippen LogP contribution in [0.15, 0.2) is 72.8 Å². The maximum atomic E-state index is 13.1. The summed E-state index contributed by atoms with van der Waals surface area (Å²) >= 11 is 0. The lowest BCUT2D eigenvalue weighted by Gasteiger charge is -2.37. The van der Waals surface area contributed by atoms with Gasteiger partial charge in [-0.2, -0.15) is 0 Å². The van der Waals surface area contributed by atoms with Crippen LogP contribution in [0.4, 0.5) is 5.69 Å². The number of hydrogen-bond donors (Lipinski definition) is 1. The van der Waals surface area contributed by atoms with Gasteiger partial charge in [-0.05, 0) is 35.4 Å². The highest BCUT2D eigenvalue weighted by atomic mass is 16.5. The molecule has 3 aromatic carbocycles. The van der Waals surface area contributed by atoms with E-state index in [9.17, 15) is 4.79 Å². The lowest BCUT2D eigenvalue weighted by Crippen LogP contribution is -2.54. The second-order valence-corrected chi connectivity index (χ2v) is 6.92. The average molecular weight is 360 g/mol. The van der Waals surface area contributed by atoms with Crippen molar-refractivity contribution in [2.24, 2.45) is 0 Å². The van der Waals surface area contributed by atoms with Crippen molar-refractivity contribution >= 4 is 22.4 Å². The Kier molecular flexibility index (Phi) is 5.07. The van der Waals surface area contributed by atoms with Crippen LogP contribution in [0.3, 0.4) is 0 Å². The Morgan fingerprint density at radius 3 is 2.63 bits per heavy atom. The number of benzene rings is 3. The molecule has 1 heterocycles. The molecule has 2 atom stereocenters. The van der Waals surface area contributed by atoms with Crippen molar-refractivity contribution in [3.05, 3.63) is 78.4 Å². The Hall–Kier alpha value is -2.85. The smallest absolute Gasteiger partial charge is 0.245 e. The monoisotopic (exact) mass is 360 g/mol. The first-order valence-electron chi connectivity index (χ1n) is 9.41. The Morgan fingerprint density at radius 2 is 1.78 bits per heavy atom. The molecular formula is C23H24N2O2. The van der Waals surface area contributed by atoms with Crippen LogP contribution in [-0.4, -0.2) is 31.7 Å². The van der Waals surface area contributed by atoms with Gasteiger partial charge in [0.25, 0.3) is 0 Å². The molecule has 1 amide bonds. The van der Waals surface area contributed by atoms with Gasteiger partial charge in [0.1, 0.15) is 6.04 Å². The molecule has 1 N–H and O–H groups in total. The van der Waals surface area contributed by atoms with E-state index >= 15 is 0 Å². The fourth-order valence-electron chi connectivity index (χ4n) is 3.76. The van der Waals surface area contributed by atoms with Crippen LogP contribution >= 0.6 is 0 Å². The highest BCUT2D eigenvalue weighted by molar-refractivity contribution is 5.89. The maximum absolute atomic E-state index is 13.1. The molecule has 1 aliphatic heterocycles. The molecule has 4 heteroatoms. The van der Waals surface area contributed by atoms with Crippen molar-refractivity contribution in [3.63, 3.8) is 0 Å². The highest BCUT2D eigenvalue weighted by Gasteiger charge is 2.30. The summed E-state index contributed by atoms with van der Waals surface area (Å²) in [5.74, 6) is -0.000938. The number of hydrogen-bond acceptors (Lipinski definition) is 3. The minimum atomic E-state index is -0.321. The topological polar surface area (TPSA) is 41.6 Å². The van der Waals surface area contributed by atoms with Crippen molar-refractivity contribution in [3.8, 4) is 0 Å². The number of nitrogens with one attached hydrogen (secondary N) is 1. The van der Waals surface area contributed by atoms with Crippen LogP contribution in [0, 0.1) is 0 Å². The number of morpholine rings is 1. The standard InChI is InChI=1S/C23H24N2O2/c1-17(20-13-7-9-18-8-5-6-12-21(18)20)24-23(26)22-16-27-15-14-25(22)19-10-3-2-4-11-19/h2-13,17,22H,14-16H2,1H3,(H,24,26)/t17-,22?/m1/s1. The second-order valence-electron chi connectivity index (χ2n) is 6.92. The molecule has 1 fully saturated rings. The average Bonchev–Trinajstić information content (AvgIpc) is 2.74. The van der Waals surface area contributed by atoms with E-state index in [0.29, 0.717) is 19.8 Å². The fourth-order valence-corrected chi connectivity index (χ4v) is 3.76. The van der Waals surface area contributed by atoms with Gasteiger partial charge >= 0.3 is 0 Å². The van der Waals surface area contributed by atoms with E-state index in [1.54, 1.807) is 0 Å². The SMILES string of the molecule is C[C@@H](NC(=O)C1COCCN1c1ccccc1)c1cccc2ccccc12. The van der Waals surface area contributed by atoms with Gasteiger partial charge in [0, 0.05) is 12.2 Å². The van der Waals surface area contributed by atoms with Gasteiger partial charge in [-0.1, -0.05) is 60.7 Å². The summed E-state index contributed by atoms with van der Waals surface area (Å²) in [6, 6.07) is 24.2. The number of ether oxygens (including phenoxy) is 1. The minimum absolute atomic E-state index is 0.000938. The van der Waals surface area contributed by atoms with E-state index in [1.165, 1.54) is 10.8 Å². The van der Waals surface area contributed by atoms with Gasteiger partial charge in [-0.3, -0.25) is 4.79 Å². The molecule has 0 aromatic heterocycles. The van der Waals surface area contributed by atoms with Gasteiger partial charge in [0.15, 0.2) is 0 Å². The number of carbonyl (C=O) groups excluding carboxylic acids is 1. The lowest BCUT2D eigenvalue weighted by molar-refractivity contribution is -0.125. The van der Waals surface area contributed by atoms with Crippen molar-refractivity contribution in [2.75, 3.05) is 24.7 Å². The summed E-state index contributed by atoms with van der Waals surface area (Å²) in [6.45, 7) is 3.79. The van der Waals surface area contributed by atoms with Gasteiger partial charge < -0.3 is 15.0 Å². The summed E-state index contributed by atoms with van der Waals surface area (Å²) in [6.07, 6.45) is 0. The number of para-hydroxylation sites is 1. The van der Waals surface area contributed by atoms with Crippen molar-refractivity contribution in [2.45, 2.75) is 19.0 Å². The summed E-state index contributed by atoms with van der Waals surface area (Å²) in [4.78, 5) is 15.2. The number of rotatable bonds is 4. The van der Waals surface area contributed by atoms with E-state index in [0.717, 1.165) is 11.3 Å². The van der Waals surface area contributed by atoms with Gasteiger partial charge in [0.05, 0.1) is 19.3 Å². The van der Waals surface area contributed by atoms with Crippen molar-refractivity contribution < 1.29 is 9.53 Å². The number of fused-ring (bicyclic) bond motifs is 1. The minimum Gasteiger partial charge on any atom is -0.377 e. The Balaban J connectivity index is 1.55. The van der Waals surface area contributed by atoms with Gasteiger partial charge in [-0.25, -0.2) is 0 Å². The molecule has 0 aliphatic carbocycles. The van der Waals surface area contributed by atoms with Crippen LogP contribution in [0.1, 0.15) is 18.5 Å². The number of amides is 1. The molecule has 0 spiro atoms. The largest absolute Gasteiger partial charge is 0.377 e. The predicted molar refractivity (Wildman–Crippen MR) is 109 cm³/mol. The van der Waals surface area contributed by atoms with Gasteiger partial charge in [0.2, 0.25) is 5.91 Å². The first-order chi connectivity index (χ1) is 13.2. The normalized spacial score (nSPS) is 18.3. The quantitative estimate of drug-likeness (QED) is 0.767. The zero-order chi connectivity index (χ0) is 18.6. The summed E-state index contributed by atoms with van der Waals surface area (Å²) in [5.41, 5.74) is 2.18. The van der Waals surface area contributed by atoms with Crippen molar-refractivity contribution in [1.29, 1.82) is 0 Å². The van der Waals surface area contributed by atoms with E-state index in [-0.39, 0.29) is 18.0 Å². The second kappa shape index (κ2) is 7.80.